The molecule has 0 radical (unpaired) electrons. The zero-order valence-electron chi connectivity index (χ0n) is 14.7. The molecule has 0 atom stereocenters. The average Bonchev–Trinajstić information content (AvgIpc) is 2.72. The van der Waals surface area contributed by atoms with E-state index in [4.69, 9.17) is 16.9 Å². The quantitative estimate of drug-likeness (QED) is 0.474. The van der Waals surface area contributed by atoms with Crippen LogP contribution in [-0.2, 0) is 0 Å². The number of hydrogen-bond acceptors (Lipinski definition) is 3. The van der Waals surface area contributed by atoms with E-state index in [1.807, 2.05) is 12.1 Å². The van der Waals surface area contributed by atoms with E-state index in [0.29, 0.717) is 27.4 Å². The lowest BCUT2D eigenvalue weighted by Crippen LogP contribution is -2.11. The third kappa shape index (κ3) is 4.94. The van der Waals surface area contributed by atoms with E-state index in [2.05, 4.69) is 5.32 Å². The molecule has 3 aromatic carbocycles. The van der Waals surface area contributed by atoms with Crippen molar-refractivity contribution >= 4 is 35.1 Å². The van der Waals surface area contributed by atoms with Gasteiger partial charge in [-0.25, -0.2) is 0 Å². The van der Waals surface area contributed by atoms with Crippen molar-refractivity contribution in [1.82, 2.24) is 0 Å². The second-order valence-electron chi connectivity index (χ2n) is 5.98. The molecule has 0 spiro atoms. The van der Waals surface area contributed by atoms with Gasteiger partial charge in [-0.1, -0.05) is 41.9 Å². The summed E-state index contributed by atoms with van der Waals surface area (Å²) in [5.41, 5.74) is 2.76. The fourth-order valence-corrected chi connectivity index (χ4v) is 2.66. The lowest BCUT2D eigenvalue weighted by molar-refractivity contribution is 0.102. The van der Waals surface area contributed by atoms with E-state index in [0.717, 1.165) is 5.56 Å². The molecule has 3 aromatic rings. The van der Waals surface area contributed by atoms with Crippen LogP contribution >= 0.6 is 11.6 Å². The zero-order chi connectivity index (χ0) is 19.9. The molecule has 0 heterocycles. The van der Waals surface area contributed by atoms with Crippen molar-refractivity contribution in [1.29, 1.82) is 5.26 Å². The molecule has 0 aromatic heterocycles. The molecule has 5 heteroatoms. The fraction of sp³-hybridized carbons (Fsp3) is 0. The Kier molecular flexibility index (Phi) is 6.01. The van der Waals surface area contributed by atoms with Gasteiger partial charge in [0.25, 0.3) is 5.91 Å². The Hall–Kier alpha value is -3.68. The van der Waals surface area contributed by atoms with E-state index in [1.165, 1.54) is 6.08 Å². The molecule has 0 saturated heterocycles. The van der Waals surface area contributed by atoms with Crippen molar-refractivity contribution in [3.05, 3.63) is 106 Å². The Bertz CT molecular complexity index is 1100. The molecule has 1 amide bonds. The van der Waals surface area contributed by atoms with E-state index in [-0.39, 0.29) is 11.7 Å². The molecule has 1 N–H and O–H groups in total. The van der Waals surface area contributed by atoms with Gasteiger partial charge in [0.05, 0.1) is 11.6 Å². The first kappa shape index (κ1) is 19.1. The summed E-state index contributed by atoms with van der Waals surface area (Å²) in [4.78, 5) is 24.6. The lowest BCUT2D eigenvalue weighted by atomic mass is 10.1. The van der Waals surface area contributed by atoms with Gasteiger partial charge in [-0.2, -0.15) is 5.26 Å². The number of halogens is 1. The van der Waals surface area contributed by atoms with Crippen molar-refractivity contribution in [2.75, 3.05) is 5.32 Å². The monoisotopic (exact) mass is 386 g/mol. The largest absolute Gasteiger partial charge is 0.322 e. The van der Waals surface area contributed by atoms with Crippen LogP contribution in [0.3, 0.4) is 0 Å². The van der Waals surface area contributed by atoms with E-state index in [1.54, 1.807) is 72.8 Å². The molecule has 0 aliphatic heterocycles. The number of benzene rings is 3. The van der Waals surface area contributed by atoms with Crippen molar-refractivity contribution in [2.45, 2.75) is 0 Å². The van der Waals surface area contributed by atoms with Crippen molar-refractivity contribution in [3.63, 3.8) is 0 Å². The highest BCUT2D eigenvalue weighted by molar-refractivity contribution is 6.30. The predicted molar refractivity (Wildman–Crippen MR) is 110 cm³/mol. The van der Waals surface area contributed by atoms with E-state index < -0.39 is 0 Å². The van der Waals surface area contributed by atoms with Crippen LogP contribution < -0.4 is 5.32 Å². The minimum absolute atomic E-state index is 0.201. The lowest BCUT2D eigenvalue weighted by Gasteiger charge is -2.06. The molecular weight excluding hydrogens is 372 g/mol. The number of ketones is 1. The molecular formula is C23H15ClN2O2. The van der Waals surface area contributed by atoms with Gasteiger partial charge >= 0.3 is 0 Å². The van der Waals surface area contributed by atoms with Gasteiger partial charge in [-0.15, -0.1) is 0 Å². The van der Waals surface area contributed by atoms with Crippen molar-refractivity contribution in [2.24, 2.45) is 0 Å². The Morgan fingerprint density at radius 3 is 2.43 bits per heavy atom. The minimum Gasteiger partial charge on any atom is -0.322 e. The summed E-state index contributed by atoms with van der Waals surface area (Å²) < 4.78 is 0. The smallest absolute Gasteiger partial charge is 0.255 e. The Labute approximate surface area is 167 Å². The Morgan fingerprint density at radius 1 is 0.929 bits per heavy atom. The van der Waals surface area contributed by atoms with Crippen LogP contribution in [0, 0.1) is 11.3 Å². The van der Waals surface area contributed by atoms with Gasteiger partial charge in [-0.05, 0) is 60.2 Å². The molecule has 0 fully saturated rings. The van der Waals surface area contributed by atoms with Crippen LogP contribution in [0.5, 0.6) is 0 Å². The van der Waals surface area contributed by atoms with Crippen LogP contribution in [0.15, 0.2) is 78.9 Å². The fourth-order valence-electron chi connectivity index (χ4n) is 2.53. The second-order valence-corrected chi connectivity index (χ2v) is 6.41. The van der Waals surface area contributed by atoms with Crippen LogP contribution in [0.2, 0.25) is 5.02 Å². The maximum atomic E-state index is 12.3. The molecule has 4 nitrogen and oxygen atoms in total. The van der Waals surface area contributed by atoms with Gasteiger partial charge in [0.2, 0.25) is 0 Å². The molecule has 0 bridgehead atoms. The summed E-state index contributed by atoms with van der Waals surface area (Å²) in [6.45, 7) is 0. The first-order valence-electron chi connectivity index (χ1n) is 8.45. The summed E-state index contributed by atoms with van der Waals surface area (Å²) in [7, 11) is 0. The number of nitrogens with zero attached hydrogens (tertiary/aromatic N) is 1. The topological polar surface area (TPSA) is 70.0 Å². The third-order valence-corrected chi connectivity index (χ3v) is 4.21. The van der Waals surface area contributed by atoms with Crippen LogP contribution in [0.4, 0.5) is 5.69 Å². The Morgan fingerprint density at radius 2 is 1.68 bits per heavy atom. The van der Waals surface area contributed by atoms with Crippen molar-refractivity contribution < 1.29 is 9.59 Å². The zero-order valence-corrected chi connectivity index (χ0v) is 15.5. The average molecular weight is 387 g/mol. The number of nitrogens with one attached hydrogen (secondary N) is 1. The molecule has 3 rings (SSSR count). The summed E-state index contributed by atoms with van der Waals surface area (Å²) >= 11 is 5.84. The molecule has 0 aliphatic rings. The maximum absolute atomic E-state index is 12.3. The number of anilines is 1. The minimum atomic E-state index is -0.248. The summed E-state index contributed by atoms with van der Waals surface area (Å²) in [5.74, 6) is -0.449. The highest BCUT2D eigenvalue weighted by Gasteiger charge is 2.06. The highest BCUT2D eigenvalue weighted by Crippen LogP contribution is 2.16. The van der Waals surface area contributed by atoms with Gasteiger partial charge in [0, 0.05) is 21.8 Å². The van der Waals surface area contributed by atoms with Crippen LogP contribution in [0.1, 0.15) is 31.8 Å². The van der Waals surface area contributed by atoms with E-state index in [9.17, 15) is 9.59 Å². The van der Waals surface area contributed by atoms with Gasteiger partial charge < -0.3 is 5.32 Å². The first-order chi connectivity index (χ1) is 13.5. The molecule has 0 saturated carbocycles. The number of rotatable bonds is 5. The number of allylic oxidation sites excluding steroid dienone is 1. The summed E-state index contributed by atoms with van der Waals surface area (Å²) in [6, 6.07) is 22.3. The number of carbonyl (C=O) groups excluding carboxylic acids is 2. The SMILES string of the molecule is N#Cc1cccc(C(=O)/C=C/c2cccc(NC(=O)c3ccc(Cl)cc3)c2)c1. The van der Waals surface area contributed by atoms with Crippen LogP contribution in [-0.4, -0.2) is 11.7 Å². The molecule has 0 aliphatic carbocycles. The van der Waals surface area contributed by atoms with Gasteiger partial charge in [0.15, 0.2) is 5.78 Å². The summed E-state index contributed by atoms with van der Waals surface area (Å²) in [6.07, 6.45) is 3.11. The Balaban J connectivity index is 1.71. The van der Waals surface area contributed by atoms with Gasteiger partial charge in [0.1, 0.15) is 0 Å². The van der Waals surface area contributed by atoms with Gasteiger partial charge in [-0.3, -0.25) is 9.59 Å². The number of hydrogen-bond donors (Lipinski definition) is 1. The van der Waals surface area contributed by atoms with E-state index >= 15 is 0 Å². The number of amides is 1. The molecule has 28 heavy (non-hydrogen) atoms. The normalized spacial score (nSPS) is 10.4. The maximum Gasteiger partial charge on any atom is 0.255 e. The highest BCUT2D eigenvalue weighted by atomic mass is 35.5. The number of carbonyl (C=O) groups is 2. The second kappa shape index (κ2) is 8.81. The predicted octanol–water partition coefficient (Wildman–Crippen LogP) is 5.36. The van der Waals surface area contributed by atoms with Crippen LogP contribution in [0.25, 0.3) is 6.08 Å². The standard InChI is InChI=1S/C23H15ClN2O2/c24-20-10-8-18(9-11-20)23(28)26-21-6-2-3-16(14-21)7-12-22(27)19-5-1-4-17(13-19)15-25/h1-14H,(H,26,28)/b12-7+. The molecule has 136 valence electrons. The first-order valence-corrected chi connectivity index (χ1v) is 8.82. The summed E-state index contributed by atoms with van der Waals surface area (Å²) in [5, 5.41) is 12.3. The third-order valence-electron chi connectivity index (χ3n) is 3.95. The van der Waals surface area contributed by atoms with Crippen molar-refractivity contribution in [3.8, 4) is 6.07 Å². The molecule has 0 unspecified atom stereocenters. The number of nitriles is 1.